The molecule has 8 nitrogen and oxygen atoms in total. The van der Waals surface area contributed by atoms with Crippen molar-refractivity contribution in [1.82, 2.24) is 4.57 Å². The third-order valence-electron chi connectivity index (χ3n) is 4.83. The topological polar surface area (TPSA) is 88.0 Å². The number of carbonyl (C=O) groups is 1. The number of aromatic nitrogens is 1. The van der Waals surface area contributed by atoms with Crippen LogP contribution in [0.25, 0.3) is 0 Å². The second-order valence-corrected chi connectivity index (χ2v) is 7.43. The first-order valence-electron chi connectivity index (χ1n) is 10.1. The summed E-state index contributed by atoms with van der Waals surface area (Å²) in [4.78, 5) is 24.7. The van der Waals surface area contributed by atoms with Gasteiger partial charge in [-0.25, -0.2) is 0 Å². The van der Waals surface area contributed by atoms with Gasteiger partial charge in [0, 0.05) is 17.3 Å². The molecule has 0 atom stereocenters. The summed E-state index contributed by atoms with van der Waals surface area (Å²) in [5.74, 6) is 1.57. The molecule has 1 heterocycles. The highest BCUT2D eigenvalue weighted by Gasteiger charge is 2.13. The Hall–Kier alpha value is -3.65. The van der Waals surface area contributed by atoms with Gasteiger partial charge in [-0.3, -0.25) is 9.59 Å². The lowest BCUT2D eigenvalue weighted by Crippen LogP contribution is -2.24. The Morgan fingerprint density at radius 1 is 1.00 bits per heavy atom. The quantitative estimate of drug-likeness (QED) is 0.481. The smallest absolute Gasteiger partial charge is 0.262 e. The number of rotatable bonds is 10. The number of nitrogens with one attached hydrogen (secondary N) is 1. The number of carbonyl (C=O) groups excluding carboxylic acids is 1. The molecule has 9 heteroatoms. The average Bonchev–Trinajstić information content (AvgIpc) is 2.81. The van der Waals surface area contributed by atoms with Crippen molar-refractivity contribution in [2.24, 2.45) is 0 Å². The molecule has 0 saturated heterocycles. The lowest BCUT2D eigenvalue weighted by Gasteiger charge is -2.16. The van der Waals surface area contributed by atoms with E-state index in [4.69, 9.17) is 30.5 Å². The van der Waals surface area contributed by atoms with Crippen LogP contribution in [0.5, 0.6) is 23.0 Å². The Balaban J connectivity index is 1.60. The Bertz CT molecular complexity index is 1160. The van der Waals surface area contributed by atoms with E-state index in [2.05, 4.69) is 5.32 Å². The van der Waals surface area contributed by atoms with Gasteiger partial charge < -0.3 is 28.8 Å². The number of anilines is 1. The molecule has 0 aliphatic carbocycles. The summed E-state index contributed by atoms with van der Waals surface area (Å²) in [6.07, 6.45) is 1.67. The fourth-order valence-electron chi connectivity index (χ4n) is 3.11. The van der Waals surface area contributed by atoms with Crippen molar-refractivity contribution < 1.29 is 23.7 Å². The minimum Gasteiger partial charge on any atom is -0.497 e. The van der Waals surface area contributed by atoms with Crippen molar-refractivity contribution in [3.63, 3.8) is 0 Å². The maximum atomic E-state index is 12.4. The molecule has 174 valence electrons. The third-order valence-corrected chi connectivity index (χ3v) is 5.07. The van der Waals surface area contributed by atoms with Gasteiger partial charge in [-0.15, -0.1) is 0 Å². The van der Waals surface area contributed by atoms with Crippen molar-refractivity contribution in [2.75, 3.05) is 32.8 Å². The standard InChI is InChI=1S/C24H25ClN2O6/c1-16-24(33-15-23(29)26-20-14-17(25)4-9-22(20)31-3)21(28)10-11-27(16)12-13-32-19-7-5-18(30-2)6-8-19/h4-11,14H,12-13,15H2,1-3H3,(H,26,29). The largest absolute Gasteiger partial charge is 0.497 e. The summed E-state index contributed by atoms with van der Waals surface area (Å²) in [6, 6.07) is 13.5. The molecule has 0 spiro atoms. The van der Waals surface area contributed by atoms with Gasteiger partial charge in [-0.1, -0.05) is 11.6 Å². The molecule has 3 aromatic rings. The molecule has 0 bridgehead atoms. The summed E-state index contributed by atoms with van der Waals surface area (Å²) in [5.41, 5.74) is 0.693. The molecule has 0 aliphatic rings. The van der Waals surface area contributed by atoms with Gasteiger partial charge in [0.1, 0.15) is 23.9 Å². The van der Waals surface area contributed by atoms with Crippen LogP contribution in [-0.2, 0) is 11.3 Å². The van der Waals surface area contributed by atoms with E-state index >= 15 is 0 Å². The Labute approximate surface area is 196 Å². The maximum Gasteiger partial charge on any atom is 0.262 e. The minimum absolute atomic E-state index is 0.107. The number of nitrogens with zero attached hydrogens (tertiary/aromatic N) is 1. The van der Waals surface area contributed by atoms with E-state index in [-0.39, 0.29) is 17.8 Å². The van der Waals surface area contributed by atoms with Gasteiger partial charge in [0.2, 0.25) is 5.43 Å². The molecular formula is C24H25ClN2O6. The van der Waals surface area contributed by atoms with E-state index in [1.54, 1.807) is 38.4 Å². The predicted octanol–water partition coefficient (Wildman–Crippen LogP) is 3.92. The van der Waals surface area contributed by atoms with E-state index in [9.17, 15) is 9.59 Å². The molecule has 3 rings (SSSR count). The SMILES string of the molecule is COc1ccc(OCCn2ccc(=O)c(OCC(=O)Nc3cc(Cl)ccc3OC)c2C)cc1. The Kier molecular flexibility index (Phi) is 8.21. The normalized spacial score (nSPS) is 10.4. The highest BCUT2D eigenvalue weighted by molar-refractivity contribution is 6.31. The van der Waals surface area contributed by atoms with E-state index in [0.29, 0.717) is 41.1 Å². The monoisotopic (exact) mass is 472 g/mol. The Morgan fingerprint density at radius 2 is 1.73 bits per heavy atom. The number of halogens is 1. The fourth-order valence-corrected chi connectivity index (χ4v) is 3.28. The highest BCUT2D eigenvalue weighted by Crippen LogP contribution is 2.27. The second kappa shape index (κ2) is 11.3. The van der Waals surface area contributed by atoms with Crippen LogP contribution >= 0.6 is 11.6 Å². The molecule has 0 saturated carbocycles. The average molecular weight is 473 g/mol. The minimum atomic E-state index is -0.451. The summed E-state index contributed by atoms with van der Waals surface area (Å²) >= 11 is 5.99. The number of pyridine rings is 1. The summed E-state index contributed by atoms with van der Waals surface area (Å²) < 4.78 is 23.5. The number of hydrogen-bond donors (Lipinski definition) is 1. The lowest BCUT2D eigenvalue weighted by atomic mass is 10.3. The van der Waals surface area contributed by atoms with Crippen LogP contribution in [0, 0.1) is 6.92 Å². The van der Waals surface area contributed by atoms with E-state index in [1.807, 2.05) is 28.8 Å². The zero-order chi connectivity index (χ0) is 23.8. The van der Waals surface area contributed by atoms with Gasteiger partial charge in [0.25, 0.3) is 5.91 Å². The molecule has 0 unspecified atom stereocenters. The molecule has 1 amide bonds. The van der Waals surface area contributed by atoms with Crippen molar-refractivity contribution in [3.8, 4) is 23.0 Å². The molecule has 0 radical (unpaired) electrons. The summed E-state index contributed by atoms with van der Waals surface area (Å²) in [7, 11) is 3.09. The maximum absolute atomic E-state index is 12.4. The zero-order valence-corrected chi connectivity index (χ0v) is 19.3. The molecule has 0 aliphatic heterocycles. The molecule has 1 aromatic heterocycles. The zero-order valence-electron chi connectivity index (χ0n) is 18.6. The number of ether oxygens (including phenoxy) is 4. The van der Waals surface area contributed by atoms with Crippen LogP contribution < -0.4 is 29.7 Å². The van der Waals surface area contributed by atoms with Crippen molar-refractivity contribution >= 4 is 23.2 Å². The molecular weight excluding hydrogens is 448 g/mol. The third kappa shape index (κ3) is 6.43. The fraction of sp³-hybridized carbons (Fsp3) is 0.250. The van der Waals surface area contributed by atoms with Crippen LogP contribution in [0.3, 0.4) is 0 Å². The lowest BCUT2D eigenvalue weighted by molar-refractivity contribution is -0.118. The van der Waals surface area contributed by atoms with Crippen molar-refractivity contribution in [1.29, 1.82) is 0 Å². The number of methoxy groups -OCH3 is 2. The van der Waals surface area contributed by atoms with Crippen LogP contribution in [-0.4, -0.2) is 37.9 Å². The summed E-state index contributed by atoms with van der Waals surface area (Å²) in [5, 5.41) is 3.13. The van der Waals surface area contributed by atoms with Gasteiger partial charge in [0.05, 0.1) is 32.1 Å². The first-order chi connectivity index (χ1) is 15.9. The van der Waals surface area contributed by atoms with Gasteiger partial charge in [-0.2, -0.15) is 0 Å². The van der Waals surface area contributed by atoms with Gasteiger partial charge >= 0.3 is 0 Å². The molecule has 33 heavy (non-hydrogen) atoms. The van der Waals surface area contributed by atoms with Crippen LogP contribution in [0.15, 0.2) is 59.5 Å². The first-order valence-corrected chi connectivity index (χ1v) is 10.5. The number of benzene rings is 2. The van der Waals surface area contributed by atoms with Crippen molar-refractivity contribution in [3.05, 3.63) is 75.7 Å². The number of hydrogen-bond acceptors (Lipinski definition) is 6. The second-order valence-electron chi connectivity index (χ2n) is 6.99. The van der Waals surface area contributed by atoms with E-state index in [0.717, 1.165) is 5.75 Å². The highest BCUT2D eigenvalue weighted by atomic mass is 35.5. The van der Waals surface area contributed by atoms with Gasteiger partial charge in [0.15, 0.2) is 12.4 Å². The molecule has 0 fully saturated rings. The first kappa shape index (κ1) is 24.0. The van der Waals surface area contributed by atoms with Crippen LogP contribution in [0.1, 0.15) is 5.69 Å². The number of amides is 1. The summed E-state index contributed by atoms with van der Waals surface area (Å²) in [6.45, 7) is 2.27. The van der Waals surface area contributed by atoms with Crippen LogP contribution in [0.4, 0.5) is 5.69 Å². The van der Waals surface area contributed by atoms with Gasteiger partial charge in [-0.05, 0) is 49.4 Å². The predicted molar refractivity (Wildman–Crippen MR) is 126 cm³/mol. The van der Waals surface area contributed by atoms with Crippen molar-refractivity contribution in [2.45, 2.75) is 13.5 Å². The van der Waals surface area contributed by atoms with E-state index < -0.39 is 5.91 Å². The molecule has 1 N–H and O–H groups in total. The van der Waals surface area contributed by atoms with Crippen LogP contribution in [0.2, 0.25) is 5.02 Å². The Morgan fingerprint density at radius 3 is 2.42 bits per heavy atom. The van der Waals surface area contributed by atoms with E-state index in [1.165, 1.54) is 13.2 Å². The molecule has 2 aromatic carbocycles.